The number of nitrogens with zero attached hydrogens (tertiary/aromatic N) is 2. The lowest BCUT2D eigenvalue weighted by Gasteiger charge is -2.09. The Balaban J connectivity index is 1.47. The van der Waals surface area contributed by atoms with Gasteiger partial charge in [-0.05, 0) is 42.0 Å². The Morgan fingerprint density at radius 3 is 2.36 bits per heavy atom. The molecule has 1 aromatic heterocycles. The summed E-state index contributed by atoms with van der Waals surface area (Å²) in [6.45, 7) is 4.94. The number of hydrogen-bond donors (Lipinski definition) is 2. The van der Waals surface area contributed by atoms with Gasteiger partial charge in [-0.15, -0.1) is 0 Å². The molecule has 1 amide bonds. The van der Waals surface area contributed by atoms with Crippen LogP contribution < -0.4 is 10.6 Å². The summed E-state index contributed by atoms with van der Waals surface area (Å²) in [5.74, 6) is 0.908. The number of carbonyl (C=O) groups excluding carboxylic acids is 1. The molecule has 1 heterocycles. The Kier molecular flexibility index (Phi) is 6.73. The molecule has 5 heteroatoms. The lowest BCUT2D eigenvalue weighted by molar-refractivity contribution is 0.0948. The van der Waals surface area contributed by atoms with Crippen molar-refractivity contribution in [2.75, 3.05) is 11.9 Å². The van der Waals surface area contributed by atoms with E-state index >= 15 is 0 Å². The number of rotatable bonds is 8. The number of aryl methyl sites for hydroxylation is 1. The van der Waals surface area contributed by atoms with Crippen molar-refractivity contribution in [1.29, 1.82) is 0 Å². The summed E-state index contributed by atoms with van der Waals surface area (Å²) in [6.07, 6.45) is 4.90. The van der Waals surface area contributed by atoms with Crippen LogP contribution in [0, 0.1) is 0 Å². The van der Waals surface area contributed by atoms with E-state index in [1.165, 1.54) is 17.3 Å². The molecular formula is C23H26N4O. The van der Waals surface area contributed by atoms with Gasteiger partial charge in [0, 0.05) is 12.2 Å². The minimum atomic E-state index is -0.201. The summed E-state index contributed by atoms with van der Waals surface area (Å²) in [7, 11) is 0. The van der Waals surface area contributed by atoms with Gasteiger partial charge in [0.15, 0.2) is 0 Å². The second kappa shape index (κ2) is 9.65. The number of anilines is 2. The number of carbonyl (C=O) groups is 1. The summed E-state index contributed by atoms with van der Waals surface area (Å²) in [4.78, 5) is 20.7. The van der Waals surface area contributed by atoms with Crippen LogP contribution in [-0.2, 0) is 6.42 Å². The first-order valence-electron chi connectivity index (χ1n) is 9.63. The van der Waals surface area contributed by atoms with Gasteiger partial charge in [0.2, 0.25) is 0 Å². The molecule has 5 nitrogen and oxygen atoms in total. The molecule has 0 aliphatic carbocycles. The van der Waals surface area contributed by atoms with Crippen molar-refractivity contribution in [3.63, 3.8) is 0 Å². The van der Waals surface area contributed by atoms with Gasteiger partial charge in [-0.2, -0.15) is 0 Å². The first-order valence-corrected chi connectivity index (χ1v) is 9.63. The van der Waals surface area contributed by atoms with Crippen LogP contribution in [0.5, 0.6) is 0 Å². The van der Waals surface area contributed by atoms with E-state index in [9.17, 15) is 4.79 Å². The molecule has 28 heavy (non-hydrogen) atoms. The number of aromatic nitrogens is 2. The normalized spacial score (nSPS) is 10.7. The number of hydrogen-bond acceptors (Lipinski definition) is 4. The highest BCUT2D eigenvalue weighted by Gasteiger charge is 2.08. The Hall–Kier alpha value is -3.21. The van der Waals surface area contributed by atoms with Crippen LogP contribution in [-0.4, -0.2) is 22.4 Å². The van der Waals surface area contributed by atoms with E-state index < -0.39 is 0 Å². The molecule has 0 bridgehead atoms. The van der Waals surface area contributed by atoms with Crippen LogP contribution in [0.1, 0.15) is 47.8 Å². The lowest BCUT2D eigenvalue weighted by atomic mass is 10.0. The van der Waals surface area contributed by atoms with E-state index in [1.807, 2.05) is 30.3 Å². The smallest absolute Gasteiger partial charge is 0.271 e. The van der Waals surface area contributed by atoms with Gasteiger partial charge < -0.3 is 10.6 Å². The molecule has 0 unspecified atom stereocenters. The number of nitrogens with one attached hydrogen (secondary N) is 2. The third kappa shape index (κ3) is 5.64. The molecule has 144 valence electrons. The van der Waals surface area contributed by atoms with E-state index in [0.717, 1.165) is 18.5 Å². The van der Waals surface area contributed by atoms with Crippen LogP contribution in [0.2, 0.25) is 0 Å². The summed E-state index contributed by atoms with van der Waals surface area (Å²) < 4.78 is 0. The summed E-state index contributed by atoms with van der Waals surface area (Å²) in [6, 6.07) is 18.5. The first-order chi connectivity index (χ1) is 13.6. The maximum absolute atomic E-state index is 12.2. The van der Waals surface area contributed by atoms with Gasteiger partial charge in [0.05, 0.1) is 12.4 Å². The average Bonchev–Trinajstić information content (AvgIpc) is 2.73. The van der Waals surface area contributed by atoms with E-state index in [-0.39, 0.29) is 5.91 Å². The fourth-order valence-electron chi connectivity index (χ4n) is 2.84. The van der Waals surface area contributed by atoms with Crippen molar-refractivity contribution in [2.45, 2.75) is 32.6 Å². The third-order valence-corrected chi connectivity index (χ3v) is 4.50. The topological polar surface area (TPSA) is 66.9 Å². The van der Waals surface area contributed by atoms with Crippen LogP contribution in [0.4, 0.5) is 11.5 Å². The maximum atomic E-state index is 12.2. The fraction of sp³-hybridized carbons (Fsp3) is 0.261. The quantitative estimate of drug-likeness (QED) is 0.561. The van der Waals surface area contributed by atoms with Crippen LogP contribution in [0.3, 0.4) is 0 Å². The molecule has 0 atom stereocenters. The lowest BCUT2D eigenvalue weighted by Crippen LogP contribution is -2.25. The highest BCUT2D eigenvalue weighted by atomic mass is 16.1. The zero-order chi connectivity index (χ0) is 19.8. The second-order valence-electron chi connectivity index (χ2n) is 7.03. The minimum Gasteiger partial charge on any atom is -0.351 e. The minimum absolute atomic E-state index is 0.201. The maximum Gasteiger partial charge on any atom is 0.271 e. The van der Waals surface area contributed by atoms with E-state index in [2.05, 4.69) is 58.7 Å². The second-order valence-corrected chi connectivity index (χ2v) is 7.03. The first kappa shape index (κ1) is 19.5. The Morgan fingerprint density at radius 1 is 0.964 bits per heavy atom. The zero-order valence-electron chi connectivity index (χ0n) is 16.4. The monoisotopic (exact) mass is 374 g/mol. The molecule has 0 fully saturated rings. The van der Waals surface area contributed by atoms with Gasteiger partial charge in [-0.25, -0.2) is 9.97 Å². The van der Waals surface area contributed by atoms with E-state index in [0.29, 0.717) is 24.0 Å². The van der Waals surface area contributed by atoms with Crippen molar-refractivity contribution in [1.82, 2.24) is 15.3 Å². The van der Waals surface area contributed by atoms with Gasteiger partial charge in [-0.3, -0.25) is 4.79 Å². The van der Waals surface area contributed by atoms with Gasteiger partial charge >= 0.3 is 0 Å². The molecule has 0 saturated heterocycles. The molecule has 3 rings (SSSR count). The molecule has 0 aliphatic heterocycles. The van der Waals surface area contributed by atoms with E-state index in [1.54, 1.807) is 6.20 Å². The van der Waals surface area contributed by atoms with Gasteiger partial charge in [0.1, 0.15) is 11.5 Å². The molecule has 0 radical (unpaired) electrons. The molecule has 0 aliphatic rings. The predicted octanol–water partition coefficient (Wildman–Crippen LogP) is 4.71. The molecule has 3 aromatic rings. The molecule has 0 spiro atoms. The Bertz CT molecular complexity index is 875. The average molecular weight is 374 g/mol. The van der Waals surface area contributed by atoms with E-state index in [4.69, 9.17) is 0 Å². The van der Waals surface area contributed by atoms with Gasteiger partial charge in [0.25, 0.3) is 5.91 Å². The van der Waals surface area contributed by atoms with Crippen molar-refractivity contribution >= 4 is 17.4 Å². The van der Waals surface area contributed by atoms with Crippen LogP contribution in [0.15, 0.2) is 67.0 Å². The fourth-order valence-corrected chi connectivity index (χ4v) is 2.84. The molecule has 0 saturated carbocycles. The van der Waals surface area contributed by atoms with Crippen molar-refractivity contribution < 1.29 is 4.79 Å². The molecule has 2 N–H and O–H groups in total. The summed E-state index contributed by atoms with van der Waals surface area (Å²) in [5, 5.41) is 6.09. The van der Waals surface area contributed by atoms with Crippen LogP contribution >= 0.6 is 0 Å². The Morgan fingerprint density at radius 2 is 1.71 bits per heavy atom. The third-order valence-electron chi connectivity index (χ3n) is 4.50. The van der Waals surface area contributed by atoms with Crippen molar-refractivity contribution in [3.05, 3.63) is 83.8 Å². The number of amides is 1. The summed E-state index contributed by atoms with van der Waals surface area (Å²) in [5.41, 5.74) is 3.82. The Labute approximate surface area is 166 Å². The predicted molar refractivity (Wildman–Crippen MR) is 113 cm³/mol. The highest BCUT2D eigenvalue weighted by molar-refractivity contribution is 5.92. The van der Waals surface area contributed by atoms with Gasteiger partial charge in [-0.1, -0.05) is 56.3 Å². The molecular weight excluding hydrogens is 348 g/mol. The zero-order valence-corrected chi connectivity index (χ0v) is 16.4. The highest BCUT2D eigenvalue weighted by Crippen LogP contribution is 2.19. The largest absolute Gasteiger partial charge is 0.351 e. The summed E-state index contributed by atoms with van der Waals surface area (Å²) >= 11 is 0. The van der Waals surface area contributed by atoms with Crippen LogP contribution in [0.25, 0.3) is 0 Å². The van der Waals surface area contributed by atoms with Crippen molar-refractivity contribution in [3.8, 4) is 0 Å². The van der Waals surface area contributed by atoms with Crippen molar-refractivity contribution in [2.24, 2.45) is 0 Å². The number of benzene rings is 2. The standard InChI is InChI=1S/C23H26N4O/c1-17(2)19-10-12-20(13-11-19)27-22-16-25-21(15-26-22)23(28)24-14-6-9-18-7-4-3-5-8-18/h3-5,7-8,10-13,15-17H,6,9,14H2,1-2H3,(H,24,28)(H,26,27). The SMILES string of the molecule is CC(C)c1ccc(Nc2cnc(C(=O)NCCCc3ccccc3)cn2)cc1. The molecule has 2 aromatic carbocycles.